The Labute approximate surface area is 124 Å². The smallest absolute Gasteiger partial charge is 0.230 e. The first kappa shape index (κ1) is 14.5. The van der Waals surface area contributed by atoms with Crippen molar-refractivity contribution in [3.8, 4) is 0 Å². The van der Waals surface area contributed by atoms with E-state index in [4.69, 9.17) is 0 Å². The Morgan fingerprint density at radius 3 is 2.24 bits per heavy atom. The summed E-state index contributed by atoms with van der Waals surface area (Å²) in [6.45, 7) is 0.328. The second-order valence-electron chi connectivity index (χ2n) is 6.56. The van der Waals surface area contributed by atoms with Crippen molar-refractivity contribution in [2.24, 2.45) is 0 Å². The van der Waals surface area contributed by atoms with Gasteiger partial charge in [0.1, 0.15) is 5.82 Å². The topological polar surface area (TPSA) is 49.3 Å². The van der Waals surface area contributed by atoms with Crippen LogP contribution in [0.25, 0.3) is 0 Å². The highest BCUT2D eigenvalue weighted by atomic mass is 19.1. The molecule has 0 heterocycles. The molecule has 2 aliphatic rings. The first-order chi connectivity index (χ1) is 10.0. The third kappa shape index (κ3) is 2.69. The van der Waals surface area contributed by atoms with Gasteiger partial charge in [-0.1, -0.05) is 31.4 Å². The van der Waals surface area contributed by atoms with Gasteiger partial charge >= 0.3 is 0 Å². The van der Waals surface area contributed by atoms with E-state index in [0.29, 0.717) is 6.54 Å². The summed E-state index contributed by atoms with van der Waals surface area (Å²) in [5, 5.41) is 13.3. The van der Waals surface area contributed by atoms with Crippen LogP contribution in [0.4, 0.5) is 4.39 Å². The number of carbonyl (C=O) groups excluding carboxylic acids is 1. The van der Waals surface area contributed by atoms with E-state index in [9.17, 15) is 14.3 Å². The molecule has 0 bridgehead atoms. The molecule has 0 unspecified atom stereocenters. The van der Waals surface area contributed by atoms with E-state index in [2.05, 4.69) is 5.32 Å². The summed E-state index contributed by atoms with van der Waals surface area (Å²) in [4.78, 5) is 12.6. The highest BCUT2D eigenvalue weighted by Gasteiger charge is 2.46. The van der Waals surface area contributed by atoms with Gasteiger partial charge in [-0.05, 0) is 43.4 Å². The predicted octanol–water partition coefficient (Wildman–Crippen LogP) is 2.67. The third-order valence-corrected chi connectivity index (χ3v) is 5.15. The molecule has 0 aliphatic heterocycles. The molecule has 4 heteroatoms. The Hall–Kier alpha value is -1.42. The summed E-state index contributed by atoms with van der Waals surface area (Å²) in [5.74, 6) is -0.311. The zero-order valence-corrected chi connectivity index (χ0v) is 12.2. The molecule has 2 N–H and O–H groups in total. The van der Waals surface area contributed by atoms with E-state index in [1.807, 2.05) is 0 Å². The van der Waals surface area contributed by atoms with E-state index < -0.39 is 11.0 Å². The maximum atomic E-state index is 13.1. The zero-order chi connectivity index (χ0) is 14.9. The molecule has 3 rings (SSSR count). The molecule has 0 atom stereocenters. The van der Waals surface area contributed by atoms with E-state index >= 15 is 0 Å². The number of carbonyl (C=O) groups is 1. The first-order valence-corrected chi connectivity index (χ1v) is 7.81. The van der Waals surface area contributed by atoms with E-state index in [-0.39, 0.29) is 11.7 Å². The van der Waals surface area contributed by atoms with Crippen LogP contribution in [0.5, 0.6) is 0 Å². The van der Waals surface area contributed by atoms with Crippen LogP contribution in [0.2, 0.25) is 0 Å². The van der Waals surface area contributed by atoms with Crippen molar-refractivity contribution in [3.05, 3.63) is 35.6 Å². The summed E-state index contributed by atoms with van der Waals surface area (Å²) in [7, 11) is 0. The molecular formula is C17H22FNO2. The number of hydrogen-bond donors (Lipinski definition) is 2. The monoisotopic (exact) mass is 291 g/mol. The van der Waals surface area contributed by atoms with Crippen LogP contribution in [0, 0.1) is 5.82 Å². The van der Waals surface area contributed by atoms with Crippen LogP contribution < -0.4 is 5.32 Å². The number of halogens is 1. The van der Waals surface area contributed by atoms with Gasteiger partial charge in [0.15, 0.2) is 0 Å². The maximum absolute atomic E-state index is 13.1. The molecule has 0 spiro atoms. The minimum atomic E-state index is -0.733. The summed E-state index contributed by atoms with van der Waals surface area (Å²) in [6, 6.07) is 6.23. The predicted molar refractivity (Wildman–Crippen MR) is 78.4 cm³/mol. The highest BCUT2D eigenvalue weighted by molar-refractivity contribution is 5.89. The average Bonchev–Trinajstić information content (AvgIpc) is 2.85. The van der Waals surface area contributed by atoms with Crippen LogP contribution in [0.15, 0.2) is 24.3 Å². The molecule has 0 radical (unpaired) electrons. The Morgan fingerprint density at radius 2 is 1.71 bits per heavy atom. The largest absolute Gasteiger partial charge is 0.388 e. The number of nitrogens with one attached hydrogen (secondary N) is 1. The van der Waals surface area contributed by atoms with Gasteiger partial charge in [-0.15, -0.1) is 0 Å². The molecule has 0 saturated heterocycles. The van der Waals surface area contributed by atoms with Crippen molar-refractivity contribution < 1.29 is 14.3 Å². The minimum Gasteiger partial charge on any atom is -0.388 e. The zero-order valence-electron chi connectivity index (χ0n) is 12.2. The Kier molecular flexibility index (Phi) is 3.74. The van der Waals surface area contributed by atoms with Gasteiger partial charge < -0.3 is 10.4 Å². The summed E-state index contributed by atoms with van der Waals surface area (Å²) < 4.78 is 13.1. The number of aliphatic hydroxyl groups is 1. The number of rotatable bonds is 4. The lowest BCUT2D eigenvalue weighted by atomic mass is 9.63. The molecule has 2 saturated carbocycles. The summed E-state index contributed by atoms with van der Waals surface area (Å²) >= 11 is 0. The fourth-order valence-electron chi connectivity index (χ4n) is 3.57. The van der Waals surface area contributed by atoms with E-state index in [1.54, 1.807) is 12.1 Å². The number of hydrogen-bond acceptors (Lipinski definition) is 2. The van der Waals surface area contributed by atoms with E-state index in [1.165, 1.54) is 12.1 Å². The van der Waals surface area contributed by atoms with Crippen LogP contribution in [0.1, 0.15) is 50.5 Å². The molecule has 3 nitrogen and oxygen atoms in total. The second kappa shape index (κ2) is 5.41. The van der Waals surface area contributed by atoms with Gasteiger partial charge in [-0.25, -0.2) is 4.39 Å². The Morgan fingerprint density at radius 1 is 1.10 bits per heavy atom. The molecule has 0 aromatic heterocycles. The van der Waals surface area contributed by atoms with Crippen molar-refractivity contribution in [1.82, 2.24) is 5.32 Å². The Balaban J connectivity index is 1.70. The Bertz CT molecular complexity index is 516. The van der Waals surface area contributed by atoms with Crippen LogP contribution in [-0.2, 0) is 10.2 Å². The van der Waals surface area contributed by atoms with Gasteiger partial charge in [0.2, 0.25) is 5.91 Å². The molecule has 2 fully saturated rings. The lowest BCUT2D eigenvalue weighted by molar-refractivity contribution is -0.131. The van der Waals surface area contributed by atoms with Crippen molar-refractivity contribution in [2.45, 2.75) is 56.0 Å². The minimum absolute atomic E-state index is 0.0271. The molecule has 1 aromatic rings. The molecule has 1 aromatic carbocycles. The van der Waals surface area contributed by atoms with Crippen molar-refractivity contribution in [3.63, 3.8) is 0 Å². The van der Waals surface area contributed by atoms with Gasteiger partial charge in [0.25, 0.3) is 0 Å². The molecule has 21 heavy (non-hydrogen) atoms. The van der Waals surface area contributed by atoms with Crippen LogP contribution in [0.3, 0.4) is 0 Å². The van der Waals surface area contributed by atoms with Crippen molar-refractivity contribution in [2.75, 3.05) is 6.54 Å². The third-order valence-electron chi connectivity index (χ3n) is 5.15. The lowest BCUT2D eigenvalue weighted by Gasteiger charge is -2.41. The van der Waals surface area contributed by atoms with Crippen LogP contribution >= 0.6 is 0 Å². The van der Waals surface area contributed by atoms with Crippen LogP contribution in [-0.4, -0.2) is 23.2 Å². The summed E-state index contributed by atoms with van der Waals surface area (Å²) in [5.41, 5.74) is -0.377. The molecule has 1 amide bonds. The van der Waals surface area contributed by atoms with Gasteiger partial charge in [-0.3, -0.25) is 4.79 Å². The first-order valence-electron chi connectivity index (χ1n) is 7.81. The average molecular weight is 291 g/mol. The number of amides is 1. The van der Waals surface area contributed by atoms with Gasteiger partial charge in [-0.2, -0.15) is 0 Å². The summed E-state index contributed by atoms with van der Waals surface area (Å²) in [6.07, 6.45) is 6.17. The van der Waals surface area contributed by atoms with E-state index in [0.717, 1.165) is 50.5 Å². The standard InChI is InChI=1S/C17H22FNO2/c18-14-6-4-13(5-7-14)17(10-3-11-17)15(20)19-12-16(21)8-1-2-9-16/h4-7,21H,1-3,8-12H2,(H,19,20). The highest BCUT2D eigenvalue weighted by Crippen LogP contribution is 2.44. The fraction of sp³-hybridized carbons (Fsp3) is 0.588. The molecule has 114 valence electrons. The second-order valence-corrected chi connectivity index (χ2v) is 6.56. The van der Waals surface area contributed by atoms with Gasteiger partial charge in [0, 0.05) is 6.54 Å². The van der Waals surface area contributed by atoms with Gasteiger partial charge in [0.05, 0.1) is 11.0 Å². The quantitative estimate of drug-likeness (QED) is 0.896. The normalized spacial score (nSPS) is 22.6. The SMILES string of the molecule is O=C(NCC1(O)CCCC1)C1(c2ccc(F)cc2)CCC1. The maximum Gasteiger partial charge on any atom is 0.230 e. The molecule has 2 aliphatic carbocycles. The number of benzene rings is 1. The molecular weight excluding hydrogens is 269 g/mol. The van der Waals surface area contributed by atoms with Crippen molar-refractivity contribution in [1.29, 1.82) is 0 Å². The lowest BCUT2D eigenvalue weighted by Crippen LogP contribution is -2.52. The van der Waals surface area contributed by atoms with Crippen molar-refractivity contribution >= 4 is 5.91 Å². The fourth-order valence-corrected chi connectivity index (χ4v) is 3.57.